The van der Waals surface area contributed by atoms with Crippen LogP contribution in [0.4, 0.5) is 33.9 Å². The number of benzene rings is 1. The van der Waals surface area contributed by atoms with Gasteiger partial charge in [0.05, 0.1) is 11.6 Å². The predicted molar refractivity (Wildman–Crippen MR) is 142 cm³/mol. The van der Waals surface area contributed by atoms with Gasteiger partial charge in [0, 0.05) is 56.1 Å². The molecule has 1 amide bonds. The number of pyridine rings is 1. The van der Waals surface area contributed by atoms with Gasteiger partial charge < -0.3 is 25.4 Å². The summed E-state index contributed by atoms with van der Waals surface area (Å²) in [6.45, 7) is 2.25. The number of halogens is 7. The molecule has 1 aromatic carbocycles. The standard InChI is InChI=1S/C20H22F7N3OS.C6H11NO2/c1-30(16-4-6-17(7-5-16)32(23,24,25,26)27)18(14-3-2-12-28-13-14)19(31)29-15-8-10-20(21,22)11-9-15;1-6(9)2-5(3-8)7-4-6/h2-7,12-13,15,18H,8-11H2,1H3,(H,29,31);3,5,7,9H,2,4H2,1H3/t;5?,6-/m.1/s1. The van der Waals surface area contributed by atoms with Crippen LogP contribution < -0.4 is 15.5 Å². The Morgan fingerprint density at radius 3 is 2.20 bits per heavy atom. The van der Waals surface area contributed by atoms with Crippen molar-refractivity contribution in [1.82, 2.24) is 15.6 Å². The number of carbonyl (C=O) groups is 2. The summed E-state index contributed by atoms with van der Waals surface area (Å²) in [6.07, 6.45) is 3.67. The van der Waals surface area contributed by atoms with Gasteiger partial charge in [-0.3, -0.25) is 9.78 Å². The van der Waals surface area contributed by atoms with Gasteiger partial charge in [-0.1, -0.05) is 25.5 Å². The van der Waals surface area contributed by atoms with Gasteiger partial charge in [0.2, 0.25) is 11.8 Å². The summed E-state index contributed by atoms with van der Waals surface area (Å²) < 4.78 is 91.8. The molecule has 0 spiro atoms. The van der Waals surface area contributed by atoms with Crippen molar-refractivity contribution in [2.75, 3.05) is 18.5 Å². The summed E-state index contributed by atoms with van der Waals surface area (Å²) in [5.74, 6) is -3.33. The third kappa shape index (κ3) is 9.30. The third-order valence-electron chi connectivity index (χ3n) is 6.96. The summed E-state index contributed by atoms with van der Waals surface area (Å²) in [6, 6.07) is 3.69. The van der Waals surface area contributed by atoms with Gasteiger partial charge in [-0.15, -0.1) is 0 Å². The molecule has 2 heterocycles. The highest BCUT2D eigenvalue weighted by Crippen LogP contribution is 3.02. The zero-order chi connectivity index (χ0) is 30.8. The van der Waals surface area contributed by atoms with Crippen LogP contribution in [-0.2, 0) is 9.59 Å². The molecule has 1 aromatic heterocycles. The van der Waals surface area contributed by atoms with E-state index >= 15 is 0 Å². The lowest BCUT2D eigenvalue weighted by Gasteiger charge is -2.40. The highest BCUT2D eigenvalue weighted by Gasteiger charge is 2.65. The highest BCUT2D eigenvalue weighted by molar-refractivity contribution is 8.45. The Hall–Kier alpha value is -2.91. The fourth-order valence-electron chi connectivity index (χ4n) is 4.71. The molecule has 0 bridgehead atoms. The third-order valence-corrected chi connectivity index (χ3v) is 8.12. The van der Waals surface area contributed by atoms with Crippen LogP contribution in [0, 0.1) is 0 Å². The molecule has 2 aliphatic rings. The number of β-amino-alcohol motifs (C(OH)–C–C–N with tert-alkyl or cyclic N) is 1. The number of anilines is 1. The van der Waals surface area contributed by atoms with E-state index in [1.807, 2.05) is 0 Å². The molecule has 2 aromatic rings. The first-order valence-corrected chi connectivity index (χ1v) is 14.7. The lowest BCUT2D eigenvalue weighted by atomic mass is 9.92. The van der Waals surface area contributed by atoms with E-state index in [4.69, 9.17) is 0 Å². The number of rotatable bonds is 7. The second kappa shape index (κ2) is 11.1. The van der Waals surface area contributed by atoms with Crippen molar-refractivity contribution in [2.24, 2.45) is 0 Å². The van der Waals surface area contributed by atoms with Gasteiger partial charge in [-0.05, 0) is 56.5 Å². The number of carbonyl (C=O) groups excluding carboxylic acids is 2. The van der Waals surface area contributed by atoms with Gasteiger partial charge in [0.1, 0.15) is 17.2 Å². The maximum absolute atomic E-state index is 13.4. The topological polar surface area (TPSA) is 94.6 Å². The van der Waals surface area contributed by atoms with Gasteiger partial charge in [0.25, 0.3) is 0 Å². The smallest absolute Gasteiger partial charge is 0.310 e. The highest BCUT2D eigenvalue weighted by atomic mass is 32.5. The number of aldehydes is 1. The van der Waals surface area contributed by atoms with E-state index in [0.717, 1.165) is 18.4 Å². The molecule has 1 aliphatic heterocycles. The predicted octanol–water partition coefficient (Wildman–Crippen LogP) is 5.91. The Bertz CT molecular complexity index is 1210. The second-order valence-electron chi connectivity index (χ2n) is 10.7. The van der Waals surface area contributed by atoms with E-state index in [-0.39, 0.29) is 49.5 Å². The first-order chi connectivity index (χ1) is 18.7. The van der Waals surface area contributed by atoms with E-state index in [2.05, 4.69) is 15.6 Å². The van der Waals surface area contributed by atoms with Crippen LogP contribution in [0.1, 0.15) is 50.6 Å². The number of alkyl halides is 2. The number of aliphatic hydroxyl groups is 1. The molecule has 2 fully saturated rings. The summed E-state index contributed by atoms with van der Waals surface area (Å²) in [4.78, 5) is 26.4. The molecule has 4 rings (SSSR count). The Labute approximate surface area is 233 Å². The van der Waals surface area contributed by atoms with Crippen molar-refractivity contribution < 1.29 is 42.9 Å². The van der Waals surface area contributed by atoms with Crippen molar-refractivity contribution in [1.29, 1.82) is 0 Å². The summed E-state index contributed by atoms with van der Waals surface area (Å²) in [5, 5.41) is 14.9. The molecule has 41 heavy (non-hydrogen) atoms. The molecule has 7 nitrogen and oxygen atoms in total. The SMILES string of the molecule is CN(c1ccc(S(F)(F)(F)(F)F)cc1)C(C(=O)NC1CCC(F)(F)CC1)c1cccnc1.C[C@]1(O)CNC(C=O)C1. The van der Waals surface area contributed by atoms with E-state index < -0.39 is 44.6 Å². The number of nitrogens with one attached hydrogen (secondary N) is 2. The maximum Gasteiger partial charge on any atom is 0.310 e. The van der Waals surface area contributed by atoms with Crippen molar-refractivity contribution in [2.45, 2.75) is 73.6 Å². The lowest BCUT2D eigenvalue weighted by molar-refractivity contribution is -0.124. The normalized spacial score (nSPS) is 25.1. The van der Waals surface area contributed by atoms with E-state index in [0.29, 0.717) is 18.5 Å². The molecule has 15 heteroatoms. The van der Waals surface area contributed by atoms with E-state index in [1.54, 1.807) is 19.1 Å². The Morgan fingerprint density at radius 2 is 1.76 bits per heavy atom. The van der Waals surface area contributed by atoms with Gasteiger partial charge in [0.15, 0.2) is 0 Å². The molecule has 1 aliphatic carbocycles. The molecule has 3 N–H and O–H groups in total. The number of amides is 1. The van der Waals surface area contributed by atoms with Crippen molar-refractivity contribution >= 4 is 28.1 Å². The van der Waals surface area contributed by atoms with Crippen LogP contribution in [0.15, 0.2) is 53.7 Å². The molecule has 1 saturated carbocycles. The molecule has 2 unspecified atom stereocenters. The van der Waals surface area contributed by atoms with Crippen LogP contribution in [0.2, 0.25) is 0 Å². The quantitative estimate of drug-likeness (QED) is 0.265. The monoisotopic (exact) mass is 614 g/mol. The minimum Gasteiger partial charge on any atom is -0.389 e. The molecule has 1 saturated heterocycles. The number of hydrogen-bond donors (Lipinski definition) is 3. The lowest BCUT2D eigenvalue weighted by Crippen LogP contribution is -2.46. The fourth-order valence-corrected chi connectivity index (χ4v) is 5.36. The Morgan fingerprint density at radius 1 is 1.15 bits per heavy atom. The van der Waals surface area contributed by atoms with E-state index in [9.17, 15) is 42.9 Å². The first kappa shape index (κ1) is 32.6. The van der Waals surface area contributed by atoms with Crippen molar-refractivity contribution in [3.8, 4) is 0 Å². The van der Waals surface area contributed by atoms with Crippen LogP contribution in [0.25, 0.3) is 0 Å². The average molecular weight is 615 g/mol. The number of nitrogens with zero attached hydrogens (tertiary/aromatic N) is 2. The molecule has 3 atom stereocenters. The van der Waals surface area contributed by atoms with Gasteiger partial charge in [-0.2, -0.15) is 0 Å². The maximum atomic E-state index is 13.4. The first-order valence-electron chi connectivity index (χ1n) is 12.8. The fraction of sp³-hybridized carbons (Fsp3) is 0.500. The number of likely N-dealkylation sites (N-methyl/N-ethyl adjacent to an activating group) is 1. The van der Waals surface area contributed by atoms with Crippen LogP contribution in [0.3, 0.4) is 0 Å². The second-order valence-corrected chi connectivity index (χ2v) is 13.1. The summed E-state index contributed by atoms with van der Waals surface area (Å²) >= 11 is 0. The van der Waals surface area contributed by atoms with E-state index in [1.165, 1.54) is 24.3 Å². The molecule has 0 radical (unpaired) electrons. The van der Waals surface area contributed by atoms with Gasteiger partial charge >= 0.3 is 10.2 Å². The van der Waals surface area contributed by atoms with Crippen molar-refractivity contribution in [3.63, 3.8) is 0 Å². The zero-order valence-electron chi connectivity index (χ0n) is 22.4. The van der Waals surface area contributed by atoms with Gasteiger partial charge in [-0.25, -0.2) is 8.78 Å². The summed E-state index contributed by atoms with van der Waals surface area (Å²) in [5.41, 5.74) is -0.203. The number of aromatic nitrogens is 1. The van der Waals surface area contributed by atoms with Crippen LogP contribution >= 0.6 is 10.2 Å². The molecular formula is C26H33F7N4O3S. The van der Waals surface area contributed by atoms with Crippen LogP contribution in [0.5, 0.6) is 0 Å². The molecular weight excluding hydrogens is 581 g/mol. The largest absolute Gasteiger partial charge is 0.389 e. The molecule has 230 valence electrons. The minimum atomic E-state index is -9.83. The average Bonchev–Trinajstić information content (AvgIpc) is 3.24. The zero-order valence-corrected chi connectivity index (χ0v) is 23.2. The summed E-state index contributed by atoms with van der Waals surface area (Å²) in [7, 11) is -8.41. The Kier molecular flexibility index (Phi) is 8.79. The number of hydrogen-bond acceptors (Lipinski definition) is 6. The van der Waals surface area contributed by atoms with Crippen LogP contribution in [-0.4, -0.2) is 59.5 Å². The minimum absolute atomic E-state index is 0.0785. The van der Waals surface area contributed by atoms with Crippen molar-refractivity contribution in [3.05, 3.63) is 54.4 Å². The Balaban J connectivity index is 0.000000436.